The average molecular weight is 340 g/mol. The van der Waals surface area contributed by atoms with Crippen LogP contribution in [0.2, 0.25) is 0 Å². The number of Topliss-reactive ketones (excluding diaryl/α,β-unsaturated/α-hetero) is 1. The van der Waals surface area contributed by atoms with Crippen LogP contribution in [-0.4, -0.2) is 17.7 Å². The molecule has 3 N–H and O–H groups in total. The van der Waals surface area contributed by atoms with Gasteiger partial charge in [0.1, 0.15) is 5.78 Å². The number of nitrogens with two attached hydrogens (primary N) is 1. The number of hydrogen-bond acceptors (Lipinski definition) is 5. The van der Waals surface area contributed by atoms with Crippen LogP contribution in [0.15, 0.2) is 36.4 Å². The fourth-order valence-electron chi connectivity index (χ4n) is 3.18. The lowest BCUT2D eigenvalue weighted by molar-refractivity contribution is -0.150. The molecular formula is C19H20N2O4. The Morgan fingerprint density at radius 1 is 1.20 bits per heavy atom. The second-order valence-electron chi connectivity index (χ2n) is 6.40. The van der Waals surface area contributed by atoms with E-state index in [0.29, 0.717) is 18.5 Å². The van der Waals surface area contributed by atoms with Crippen LogP contribution < -0.4 is 11.2 Å². The Bertz CT molecular complexity index is 831. The molecule has 25 heavy (non-hydrogen) atoms. The zero-order valence-electron chi connectivity index (χ0n) is 13.8. The normalized spacial score (nSPS) is 17.3. The number of hydroxylamine groups is 1. The largest absolute Gasteiger partial charge is 0.398 e. The lowest BCUT2D eigenvalue weighted by atomic mass is 9.86. The van der Waals surface area contributed by atoms with Gasteiger partial charge < -0.3 is 10.6 Å². The van der Waals surface area contributed by atoms with Gasteiger partial charge in [0.25, 0.3) is 5.91 Å². The molecule has 0 aliphatic heterocycles. The van der Waals surface area contributed by atoms with Crippen molar-refractivity contribution in [2.45, 2.75) is 32.1 Å². The molecule has 1 aliphatic carbocycles. The summed E-state index contributed by atoms with van der Waals surface area (Å²) in [5.41, 5.74) is 8.63. The van der Waals surface area contributed by atoms with E-state index in [1.54, 1.807) is 12.1 Å². The summed E-state index contributed by atoms with van der Waals surface area (Å²) < 4.78 is 0. The number of nitrogens with one attached hydrogen (secondary N) is 1. The standard InChI is InChI=1S/C19H20N2O4/c20-17-11-14-6-2-1-5-13(14)10-16(17)19(24)21-25-18(23)9-12-4-3-7-15(22)8-12/h1-2,5-6,10-12H,3-4,7-9,20H2,(H,21,24)/t12-/m0/s1. The van der Waals surface area contributed by atoms with Crippen molar-refractivity contribution in [3.05, 3.63) is 42.0 Å². The quantitative estimate of drug-likeness (QED) is 0.661. The zero-order valence-corrected chi connectivity index (χ0v) is 13.8. The van der Waals surface area contributed by atoms with E-state index in [2.05, 4.69) is 5.48 Å². The highest BCUT2D eigenvalue weighted by molar-refractivity contribution is 6.03. The van der Waals surface area contributed by atoms with E-state index in [1.165, 1.54) is 0 Å². The Labute approximate surface area is 145 Å². The van der Waals surface area contributed by atoms with Crippen molar-refractivity contribution >= 4 is 34.1 Å². The van der Waals surface area contributed by atoms with Gasteiger partial charge in [-0.2, -0.15) is 5.48 Å². The summed E-state index contributed by atoms with van der Waals surface area (Å²) in [4.78, 5) is 40.4. The number of hydrogen-bond donors (Lipinski definition) is 2. The molecule has 0 spiro atoms. The van der Waals surface area contributed by atoms with Gasteiger partial charge in [0.2, 0.25) is 0 Å². The van der Waals surface area contributed by atoms with Crippen molar-refractivity contribution in [2.24, 2.45) is 5.92 Å². The lowest BCUT2D eigenvalue weighted by Crippen LogP contribution is -2.29. The lowest BCUT2D eigenvalue weighted by Gasteiger charge is -2.19. The van der Waals surface area contributed by atoms with Crippen molar-refractivity contribution in [3.63, 3.8) is 0 Å². The molecule has 0 unspecified atom stereocenters. The van der Waals surface area contributed by atoms with E-state index in [9.17, 15) is 14.4 Å². The first kappa shape index (κ1) is 17.0. The molecule has 0 bridgehead atoms. The van der Waals surface area contributed by atoms with E-state index in [0.717, 1.165) is 23.6 Å². The molecule has 1 saturated carbocycles. The number of amides is 1. The van der Waals surface area contributed by atoms with Crippen molar-refractivity contribution in [2.75, 3.05) is 5.73 Å². The fourth-order valence-corrected chi connectivity index (χ4v) is 3.18. The van der Waals surface area contributed by atoms with E-state index < -0.39 is 11.9 Å². The molecule has 130 valence electrons. The number of benzene rings is 2. The minimum absolute atomic E-state index is 0.00334. The summed E-state index contributed by atoms with van der Waals surface area (Å²) in [6.45, 7) is 0. The Kier molecular flexibility index (Phi) is 4.97. The van der Waals surface area contributed by atoms with Crippen molar-refractivity contribution in [1.29, 1.82) is 0 Å². The maximum absolute atomic E-state index is 12.2. The van der Waals surface area contributed by atoms with Crippen molar-refractivity contribution < 1.29 is 19.2 Å². The van der Waals surface area contributed by atoms with Gasteiger partial charge in [-0.05, 0) is 41.7 Å². The molecule has 0 saturated heterocycles. The maximum Gasteiger partial charge on any atom is 0.332 e. The fraction of sp³-hybridized carbons (Fsp3) is 0.316. The number of ketones is 1. The number of carbonyl (C=O) groups excluding carboxylic acids is 3. The molecule has 0 heterocycles. The third-order valence-corrected chi connectivity index (χ3v) is 4.46. The van der Waals surface area contributed by atoms with Gasteiger partial charge in [0, 0.05) is 18.5 Å². The number of nitrogen functional groups attached to an aromatic ring is 1. The predicted octanol–water partition coefficient (Wildman–Crippen LogP) is 2.76. The van der Waals surface area contributed by atoms with Crippen molar-refractivity contribution in [3.8, 4) is 0 Å². The van der Waals surface area contributed by atoms with Gasteiger partial charge in [-0.1, -0.05) is 24.3 Å². The molecule has 1 atom stereocenters. The molecule has 6 nitrogen and oxygen atoms in total. The number of fused-ring (bicyclic) bond motifs is 1. The molecule has 2 aromatic rings. The van der Waals surface area contributed by atoms with E-state index in [-0.39, 0.29) is 23.7 Å². The molecular weight excluding hydrogens is 320 g/mol. The van der Waals surface area contributed by atoms with Crippen LogP contribution in [0.25, 0.3) is 10.8 Å². The van der Waals surface area contributed by atoms with Gasteiger partial charge >= 0.3 is 5.97 Å². The molecule has 3 rings (SSSR count). The second kappa shape index (κ2) is 7.34. The predicted molar refractivity (Wildman–Crippen MR) is 93.5 cm³/mol. The maximum atomic E-state index is 12.2. The van der Waals surface area contributed by atoms with Gasteiger partial charge in [0.15, 0.2) is 0 Å². The van der Waals surface area contributed by atoms with Crippen LogP contribution in [0.3, 0.4) is 0 Å². The first-order chi connectivity index (χ1) is 12.0. The minimum Gasteiger partial charge on any atom is -0.398 e. The third-order valence-electron chi connectivity index (χ3n) is 4.46. The minimum atomic E-state index is -0.573. The van der Waals surface area contributed by atoms with E-state index >= 15 is 0 Å². The monoisotopic (exact) mass is 340 g/mol. The first-order valence-corrected chi connectivity index (χ1v) is 8.33. The van der Waals surface area contributed by atoms with Crippen LogP contribution >= 0.6 is 0 Å². The zero-order chi connectivity index (χ0) is 17.8. The summed E-state index contributed by atoms with van der Waals surface area (Å²) in [5.74, 6) is -0.947. The Morgan fingerprint density at radius 2 is 1.92 bits per heavy atom. The van der Waals surface area contributed by atoms with E-state index in [4.69, 9.17) is 10.6 Å². The number of anilines is 1. The molecule has 1 amide bonds. The molecule has 6 heteroatoms. The average Bonchev–Trinajstić information content (AvgIpc) is 2.59. The molecule has 2 aromatic carbocycles. The molecule has 0 radical (unpaired) electrons. The smallest absolute Gasteiger partial charge is 0.332 e. The molecule has 0 aromatic heterocycles. The summed E-state index contributed by atoms with van der Waals surface area (Å²) in [6, 6.07) is 10.9. The third kappa shape index (κ3) is 4.15. The number of rotatable bonds is 3. The van der Waals surface area contributed by atoms with E-state index in [1.807, 2.05) is 24.3 Å². The summed E-state index contributed by atoms with van der Waals surface area (Å²) >= 11 is 0. The first-order valence-electron chi connectivity index (χ1n) is 8.33. The highest BCUT2D eigenvalue weighted by Gasteiger charge is 2.23. The van der Waals surface area contributed by atoms with Crippen LogP contribution in [0.5, 0.6) is 0 Å². The summed E-state index contributed by atoms with van der Waals surface area (Å²) in [7, 11) is 0. The van der Waals surface area contributed by atoms with Crippen LogP contribution in [0.4, 0.5) is 5.69 Å². The Balaban J connectivity index is 1.59. The van der Waals surface area contributed by atoms with Crippen LogP contribution in [0.1, 0.15) is 42.5 Å². The van der Waals surface area contributed by atoms with Gasteiger partial charge in [-0.3, -0.25) is 9.59 Å². The highest BCUT2D eigenvalue weighted by atomic mass is 16.7. The topological polar surface area (TPSA) is 98.5 Å². The second-order valence-corrected chi connectivity index (χ2v) is 6.40. The highest BCUT2D eigenvalue weighted by Crippen LogP contribution is 2.24. The van der Waals surface area contributed by atoms with Crippen LogP contribution in [-0.2, 0) is 14.4 Å². The summed E-state index contributed by atoms with van der Waals surface area (Å²) in [5, 5.41) is 1.80. The SMILES string of the molecule is Nc1cc2ccccc2cc1C(=O)NOC(=O)C[C@H]1CCCC(=O)C1. The van der Waals surface area contributed by atoms with Gasteiger partial charge in [0.05, 0.1) is 12.0 Å². The summed E-state index contributed by atoms with van der Waals surface area (Å²) in [6.07, 6.45) is 2.74. The molecule has 1 aliphatic rings. The Morgan fingerprint density at radius 3 is 2.64 bits per heavy atom. The van der Waals surface area contributed by atoms with Gasteiger partial charge in [-0.15, -0.1) is 0 Å². The molecule has 1 fully saturated rings. The van der Waals surface area contributed by atoms with Crippen molar-refractivity contribution in [1.82, 2.24) is 5.48 Å². The number of carbonyl (C=O) groups is 3. The van der Waals surface area contributed by atoms with Gasteiger partial charge in [-0.25, -0.2) is 4.79 Å². The Hall–Kier alpha value is -2.89. The van der Waals surface area contributed by atoms with Crippen LogP contribution in [0, 0.1) is 5.92 Å².